The van der Waals surface area contributed by atoms with E-state index in [0.29, 0.717) is 11.1 Å². The number of benzene rings is 1. The van der Waals surface area contributed by atoms with E-state index in [2.05, 4.69) is 12.6 Å². The van der Waals surface area contributed by atoms with Crippen molar-refractivity contribution in [1.82, 2.24) is 0 Å². The Morgan fingerprint density at radius 3 is 2.46 bits per heavy atom. The van der Waals surface area contributed by atoms with Crippen LogP contribution in [0.3, 0.4) is 0 Å². The first-order valence-electron chi connectivity index (χ1n) is 3.66. The molecule has 0 spiro atoms. The molecule has 0 aliphatic carbocycles. The number of allylic oxidation sites excluding steroid dienone is 1. The Morgan fingerprint density at radius 2 is 2.00 bits per heavy atom. The van der Waals surface area contributed by atoms with Crippen molar-refractivity contribution in [3.8, 4) is 5.75 Å². The molecule has 0 atom stereocenters. The van der Waals surface area contributed by atoms with Gasteiger partial charge in [-0.05, 0) is 30.7 Å². The molecule has 1 aromatic rings. The van der Waals surface area contributed by atoms with Gasteiger partial charge in [-0.1, -0.05) is 6.58 Å². The van der Waals surface area contributed by atoms with E-state index in [1.165, 1.54) is 12.1 Å². The van der Waals surface area contributed by atoms with Gasteiger partial charge in [0.1, 0.15) is 11.3 Å². The lowest BCUT2D eigenvalue weighted by Gasteiger charge is -2.05. The fourth-order valence-corrected chi connectivity index (χ4v) is 0.978. The molecule has 67 valence electrons. The molecule has 0 aromatic heterocycles. The highest BCUT2D eigenvalue weighted by Gasteiger charge is 2.12. The van der Waals surface area contributed by atoms with Crippen molar-refractivity contribution in [2.24, 2.45) is 0 Å². The van der Waals surface area contributed by atoms with E-state index in [4.69, 9.17) is 5.11 Å². The number of hydrogen-bond donors (Lipinski definition) is 2. The van der Waals surface area contributed by atoms with Gasteiger partial charge >= 0.3 is 5.97 Å². The average Bonchev–Trinajstić information content (AvgIpc) is 2.03. The third-order valence-electron chi connectivity index (χ3n) is 1.66. The van der Waals surface area contributed by atoms with Gasteiger partial charge in [-0.3, -0.25) is 0 Å². The molecule has 0 bridgehead atoms. The van der Waals surface area contributed by atoms with E-state index < -0.39 is 5.97 Å². The van der Waals surface area contributed by atoms with Crippen LogP contribution in [0.1, 0.15) is 22.8 Å². The van der Waals surface area contributed by atoms with Gasteiger partial charge < -0.3 is 10.2 Å². The van der Waals surface area contributed by atoms with Crippen LogP contribution < -0.4 is 0 Å². The second-order valence-corrected chi connectivity index (χ2v) is 2.72. The summed E-state index contributed by atoms with van der Waals surface area (Å²) in [7, 11) is 0. The Hall–Kier alpha value is -1.77. The summed E-state index contributed by atoms with van der Waals surface area (Å²) in [5, 5.41) is 18.1. The summed E-state index contributed by atoms with van der Waals surface area (Å²) in [5.74, 6) is -1.42. The first-order chi connectivity index (χ1) is 6.04. The quantitative estimate of drug-likeness (QED) is 0.725. The Bertz CT molecular complexity index is 334. The van der Waals surface area contributed by atoms with Gasteiger partial charge in [0, 0.05) is 5.56 Å². The number of carbonyl (C=O) groups is 1. The van der Waals surface area contributed by atoms with Gasteiger partial charge in [-0.15, -0.1) is 0 Å². The highest BCUT2D eigenvalue weighted by Crippen LogP contribution is 2.26. The van der Waals surface area contributed by atoms with Gasteiger partial charge in [0.05, 0.1) is 0 Å². The molecule has 0 saturated carbocycles. The summed E-state index contributed by atoms with van der Waals surface area (Å²) in [5.41, 5.74) is 0.872. The summed E-state index contributed by atoms with van der Waals surface area (Å²) in [6.07, 6.45) is 0. The lowest BCUT2D eigenvalue weighted by molar-refractivity contribution is 0.0693. The first kappa shape index (κ1) is 9.32. The van der Waals surface area contributed by atoms with Crippen LogP contribution in [0.15, 0.2) is 18.7 Å². The van der Waals surface area contributed by atoms with E-state index in [-0.39, 0.29) is 11.3 Å². The van der Waals surface area contributed by atoms with E-state index in [1.54, 1.807) is 6.92 Å². The molecule has 1 rings (SSSR count). The van der Waals surface area contributed by atoms with Crippen LogP contribution in [0.5, 0.6) is 5.75 Å². The molecule has 0 unspecified atom stereocenters. The van der Waals surface area contributed by atoms with E-state index >= 15 is 0 Å². The predicted molar refractivity (Wildman–Crippen MR) is 48.6 cm³/mol. The zero-order valence-corrected chi connectivity index (χ0v) is 7.16. The van der Waals surface area contributed by atoms with Gasteiger partial charge in [0.2, 0.25) is 0 Å². The molecule has 0 heterocycles. The van der Waals surface area contributed by atoms with Crippen molar-refractivity contribution in [2.75, 3.05) is 0 Å². The molecule has 0 fully saturated rings. The molecule has 3 nitrogen and oxygen atoms in total. The maximum absolute atomic E-state index is 10.6. The van der Waals surface area contributed by atoms with Gasteiger partial charge in [0.15, 0.2) is 0 Å². The lowest BCUT2D eigenvalue weighted by atomic mass is 10.0. The molecular weight excluding hydrogens is 168 g/mol. The van der Waals surface area contributed by atoms with Crippen molar-refractivity contribution in [1.29, 1.82) is 0 Å². The van der Waals surface area contributed by atoms with Crippen LogP contribution in [0.4, 0.5) is 0 Å². The van der Waals surface area contributed by atoms with E-state index in [9.17, 15) is 9.90 Å². The molecule has 2 N–H and O–H groups in total. The first-order valence-corrected chi connectivity index (χ1v) is 3.66. The fraction of sp³-hybridized carbons (Fsp3) is 0.100. The Morgan fingerprint density at radius 1 is 1.46 bits per heavy atom. The van der Waals surface area contributed by atoms with E-state index in [1.807, 2.05) is 0 Å². The van der Waals surface area contributed by atoms with Crippen molar-refractivity contribution < 1.29 is 15.0 Å². The van der Waals surface area contributed by atoms with Crippen LogP contribution in [-0.2, 0) is 0 Å². The second-order valence-electron chi connectivity index (χ2n) is 2.72. The number of rotatable bonds is 2. The van der Waals surface area contributed by atoms with Crippen LogP contribution in [0.2, 0.25) is 0 Å². The van der Waals surface area contributed by atoms with Crippen LogP contribution in [0.25, 0.3) is 5.57 Å². The molecule has 0 aliphatic heterocycles. The molecule has 1 radical (unpaired) electrons. The van der Waals surface area contributed by atoms with Crippen LogP contribution in [-0.4, -0.2) is 16.2 Å². The number of aromatic hydroxyl groups is 1. The highest BCUT2D eigenvalue weighted by atomic mass is 16.4. The maximum atomic E-state index is 10.6. The molecular formula is C10H9O3. The molecule has 0 saturated heterocycles. The number of hydrogen-bond acceptors (Lipinski definition) is 2. The topological polar surface area (TPSA) is 57.5 Å². The summed E-state index contributed by atoms with van der Waals surface area (Å²) >= 11 is 0. The lowest BCUT2D eigenvalue weighted by Crippen LogP contribution is -1.98. The molecule has 1 aromatic carbocycles. The number of phenols is 1. The summed E-state index contributed by atoms with van der Waals surface area (Å²) in [4.78, 5) is 10.6. The molecule has 13 heavy (non-hydrogen) atoms. The van der Waals surface area contributed by atoms with Crippen molar-refractivity contribution in [3.05, 3.63) is 35.9 Å². The zero-order chi connectivity index (χ0) is 10.0. The van der Waals surface area contributed by atoms with Crippen molar-refractivity contribution >= 4 is 11.5 Å². The Labute approximate surface area is 76.0 Å². The normalized spacial score (nSPS) is 9.62. The van der Waals surface area contributed by atoms with Gasteiger partial charge in [-0.25, -0.2) is 4.79 Å². The Balaban J connectivity index is 3.35. The standard InChI is InChI=1S/C10H9O3/c1-6(2)7-4-3-5-8(9(7)11)10(12)13/h4-5,11H,1H2,2H3,(H,12,13). The molecule has 0 amide bonds. The summed E-state index contributed by atoms with van der Waals surface area (Å²) in [6.45, 7) is 5.30. The third-order valence-corrected chi connectivity index (χ3v) is 1.66. The molecule has 0 aliphatic rings. The SMILES string of the molecule is C=C(C)c1c[c]cc(C(=O)O)c1O. The second kappa shape index (κ2) is 3.31. The predicted octanol–water partition coefficient (Wildman–Crippen LogP) is 1.92. The minimum Gasteiger partial charge on any atom is -0.506 e. The van der Waals surface area contributed by atoms with Crippen molar-refractivity contribution in [3.63, 3.8) is 0 Å². The minimum absolute atomic E-state index is 0.152. The maximum Gasteiger partial charge on any atom is 0.339 e. The number of carboxylic acid groups (broad SMARTS) is 1. The fourth-order valence-electron chi connectivity index (χ4n) is 0.978. The average molecular weight is 177 g/mol. The smallest absolute Gasteiger partial charge is 0.339 e. The zero-order valence-electron chi connectivity index (χ0n) is 7.16. The Kier molecular flexibility index (Phi) is 2.37. The van der Waals surface area contributed by atoms with E-state index in [0.717, 1.165) is 0 Å². The van der Waals surface area contributed by atoms with Crippen LogP contribution in [0, 0.1) is 6.07 Å². The van der Waals surface area contributed by atoms with Gasteiger partial charge in [0.25, 0.3) is 0 Å². The third kappa shape index (κ3) is 1.69. The van der Waals surface area contributed by atoms with Crippen molar-refractivity contribution in [2.45, 2.75) is 6.92 Å². The monoisotopic (exact) mass is 177 g/mol. The molecule has 3 heteroatoms. The highest BCUT2D eigenvalue weighted by molar-refractivity contribution is 5.92. The van der Waals surface area contributed by atoms with Crippen LogP contribution >= 0.6 is 0 Å². The number of aromatic carboxylic acids is 1. The largest absolute Gasteiger partial charge is 0.506 e. The number of carboxylic acids is 1. The minimum atomic E-state index is -1.17. The summed E-state index contributed by atoms with van der Waals surface area (Å²) < 4.78 is 0. The van der Waals surface area contributed by atoms with Gasteiger partial charge in [-0.2, -0.15) is 0 Å². The summed E-state index contributed by atoms with van der Waals surface area (Å²) in [6, 6.07) is 5.36.